The lowest BCUT2D eigenvalue weighted by atomic mass is 10.0. The van der Waals surface area contributed by atoms with E-state index in [0.717, 1.165) is 54.2 Å². The molecular formula is C17H22N4O2. The maximum atomic E-state index is 8.74. The number of benzene rings is 1. The van der Waals surface area contributed by atoms with E-state index >= 15 is 0 Å². The summed E-state index contributed by atoms with van der Waals surface area (Å²) in [7, 11) is 1.97. The summed E-state index contributed by atoms with van der Waals surface area (Å²) < 4.78 is 7.74. The van der Waals surface area contributed by atoms with Crippen LogP contribution in [0.15, 0.2) is 29.7 Å². The molecule has 0 amide bonds. The highest BCUT2D eigenvalue weighted by atomic mass is 16.5. The van der Waals surface area contributed by atoms with Crippen LogP contribution in [-0.2, 0) is 18.2 Å². The number of ether oxygens (including phenoxy) is 1. The number of anilines is 2. The van der Waals surface area contributed by atoms with Crippen molar-refractivity contribution in [3.63, 3.8) is 0 Å². The summed E-state index contributed by atoms with van der Waals surface area (Å²) in [5.74, 6) is 0.961. The normalized spacial score (nSPS) is 17.9. The van der Waals surface area contributed by atoms with Crippen molar-refractivity contribution >= 4 is 17.7 Å². The molecule has 2 N–H and O–H groups in total. The van der Waals surface area contributed by atoms with Gasteiger partial charge in [-0.1, -0.05) is 18.1 Å². The molecule has 0 bridgehead atoms. The fraction of sp³-hybridized carbons (Fsp3) is 0.412. The van der Waals surface area contributed by atoms with Gasteiger partial charge in [-0.25, -0.2) is 4.98 Å². The van der Waals surface area contributed by atoms with Gasteiger partial charge in [0.15, 0.2) is 0 Å². The number of hydrogen-bond acceptors (Lipinski definition) is 5. The van der Waals surface area contributed by atoms with Crippen LogP contribution in [-0.4, -0.2) is 27.6 Å². The smallest absolute Gasteiger partial charge is 0.136 e. The number of oxime groups is 1. The first-order valence-electron chi connectivity index (χ1n) is 7.93. The SMILES string of the molecule is CCc1cc(Nc2c(C3CCCO3)ncn2C)ccc1/C=N\O. The summed E-state index contributed by atoms with van der Waals surface area (Å²) >= 11 is 0. The van der Waals surface area contributed by atoms with Crippen molar-refractivity contribution in [3.05, 3.63) is 41.3 Å². The summed E-state index contributed by atoms with van der Waals surface area (Å²) in [5, 5.41) is 15.3. The summed E-state index contributed by atoms with van der Waals surface area (Å²) in [6.07, 6.45) is 6.30. The summed E-state index contributed by atoms with van der Waals surface area (Å²) in [6, 6.07) is 5.99. The average Bonchev–Trinajstić information content (AvgIpc) is 3.20. The Kier molecular flexibility index (Phi) is 4.62. The Morgan fingerprint density at radius 2 is 2.39 bits per heavy atom. The number of imidazole rings is 1. The van der Waals surface area contributed by atoms with Gasteiger partial charge in [0.25, 0.3) is 0 Å². The molecule has 2 heterocycles. The van der Waals surface area contributed by atoms with Crippen LogP contribution in [0.2, 0.25) is 0 Å². The molecule has 122 valence electrons. The third kappa shape index (κ3) is 3.22. The Bertz CT molecular complexity index is 703. The van der Waals surface area contributed by atoms with Crippen molar-refractivity contribution in [2.75, 3.05) is 11.9 Å². The van der Waals surface area contributed by atoms with Gasteiger partial charge < -0.3 is 19.8 Å². The highest BCUT2D eigenvalue weighted by Gasteiger charge is 2.24. The predicted molar refractivity (Wildman–Crippen MR) is 89.6 cm³/mol. The molecule has 0 spiro atoms. The fourth-order valence-corrected chi connectivity index (χ4v) is 2.94. The van der Waals surface area contributed by atoms with Gasteiger partial charge in [-0.3, -0.25) is 0 Å². The Labute approximate surface area is 135 Å². The Morgan fingerprint density at radius 3 is 3.09 bits per heavy atom. The maximum absolute atomic E-state index is 8.74. The molecule has 6 heteroatoms. The fourth-order valence-electron chi connectivity index (χ4n) is 2.94. The number of hydrogen-bond donors (Lipinski definition) is 2. The van der Waals surface area contributed by atoms with E-state index in [9.17, 15) is 0 Å². The molecule has 3 rings (SSSR count). The molecule has 1 aliphatic rings. The number of aryl methyl sites for hydroxylation is 2. The molecule has 2 aromatic rings. The first-order valence-corrected chi connectivity index (χ1v) is 7.93. The first kappa shape index (κ1) is 15.6. The number of nitrogens with one attached hydrogen (secondary N) is 1. The van der Waals surface area contributed by atoms with Gasteiger partial charge in [-0.05, 0) is 42.5 Å². The Balaban J connectivity index is 1.88. The molecule has 1 fully saturated rings. The minimum Gasteiger partial charge on any atom is -0.411 e. The molecule has 1 unspecified atom stereocenters. The minimum absolute atomic E-state index is 0.0742. The van der Waals surface area contributed by atoms with Crippen LogP contribution in [0, 0.1) is 0 Å². The minimum atomic E-state index is 0.0742. The van der Waals surface area contributed by atoms with Crippen molar-refractivity contribution in [1.82, 2.24) is 9.55 Å². The van der Waals surface area contributed by atoms with Gasteiger partial charge in [0.1, 0.15) is 17.6 Å². The van der Waals surface area contributed by atoms with Crippen LogP contribution in [0.1, 0.15) is 42.7 Å². The topological polar surface area (TPSA) is 71.7 Å². The lowest BCUT2D eigenvalue weighted by Gasteiger charge is -2.14. The summed E-state index contributed by atoms with van der Waals surface area (Å²) in [6.45, 7) is 2.88. The molecular weight excluding hydrogens is 292 g/mol. The Morgan fingerprint density at radius 1 is 1.52 bits per heavy atom. The predicted octanol–water partition coefficient (Wildman–Crippen LogP) is 3.39. The molecule has 0 saturated carbocycles. The number of aromatic nitrogens is 2. The second kappa shape index (κ2) is 6.83. The third-order valence-electron chi connectivity index (χ3n) is 4.18. The molecule has 1 aromatic carbocycles. The summed E-state index contributed by atoms with van der Waals surface area (Å²) in [4.78, 5) is 4.50. The van der Waals surface area contributed by atoms with E-state index in [-0.39, 0.29) is 6.10 Å². The van der Waals surface area contributed by atoms with E-state index in [1.807, 2.05) is 30.1 Å². The van der Waals surface area contributed by atoms with E-state index in [1.54, 1.807) is 0 Å². The van der Waals surface area contributed by atoms with Gasteiger partial charge in [0.2, 0.25) is 0 Å². The van der Waals surface area contributed by atoms with Crippen molar-refractivity contribution < 1.29 is 9.94 Å². The van der Waals surface area contributed by atoms with Crippen LogP contribution in [0.25, 0.3) is 0 Å². The van der Waals surface area contributed by atoms with E-state index in [0.29, 0.717) is 0 Å². The van der Waals surface area contributed by atoms with Gasteiger partial charge in [-0.2, -0.15) is 0 Å². The number of rotatable bonds is 5. The Hall–Kier alpha value is -2.34. The highest BCUT2D eigenvalue weighted by Crippen LogP contribution is 2.33. The van der Waals surface area contributed by atoms with Crippen molar-refractivity contribution in [2.24, 2.45) is 12.2 Å². The van der Waals surface area contributed by atoms with E-state index in [2.05, 4.69) is 28.4 Å². The van der Waals surface area contributed by atoms with Crippen molar-refractivity contribution in [2.45, 2.75) is 32.3 Å². The van der Waals surface area contributed by atoms with Gasteiger partial charge in [-0.15, -0.1) is 0 Å². The molecule has 0 aliphatic carbocycles. The third-order valence-corrected chi connectivity index (χ3v) is 4.18. The van der Waals surface area contributed by atoms with Gasteiger partial charge >= 0.3 is 0 Å². The standard InChI is InChI=1S/C17H22N4O2/c1-3-12-9-14(7-6-13(12)10-19-22)20-17-16(18-11-21(17)2)15-5-4-8-23-15/h6-7,9-11,15,20,22H,3-5,8H2,1-2H3/b19-10-. The molecule has 1 saturated heterocycles. The van der Waals surface area contributed by atoms with Crippen LogP contribution in [0.3, 0.4) is 0 Å². The lowest BCUT2D eigenvalue weighted by molar-refractivity contribution is 0.109. The molecule has 0 radical (unpaired) electrons. The van der Waals surface area contributed by atoms with Crippen LogP contribution in [0.4, 0.5) is 11.5 Å². The highest BCUT2D eigenvalue weighted by molar-refractivity contribution is 5.82. The molecule has 1 aromatic heterocycles. The molecule has 6 nitrogen and oxygen atoms in total. The number of nitrogens with zero attached hydrogens (tertiary/aromatic N) is 3. The largest absolute Gasteiger partial charge is 0.411 e. The van der Waals surface area contributed by atoms with Crippen molar-refractivity contribution in [1.29, 1.82) is 0 Å². The van der Waals surface area contributed by atoms with Crippen LogP contribution < -0.4 is 5.32 Å². The second-order valence-corrected chi connectivity index (χ2v) is 5.73. The maximum Gasteiger partial charge on any atom is 0.136 e. The van der Waals surface area contributed by atoms with Gasteiger partial charge in [0.05, 0.1) is 12.5 Å². The second-order valence-electron chi connectivity index (χ2n) is 5.73. The van der Waals surface area contributed by atoms with Crippen LogP contribution >= 0.6 is 0 Å². The van der Waals surface area contributed by atoms with Crippen LogP contribution in [0.5, 0.6) is 0 Å². The van der Waals surface area contributed by atoms with E-state index in [1.165, 1.54) is 6.21 Å². The van der Waals surface area contributed by atoms with E-state index < -0.39 is 0 Å². The van der Waals surface area contributed by atoms with Gasteiger partial charge in [0, 0.05) is 19.3 Å². The molecule has 1 aliphatic heterocycles. The van der Waals surface area contributed by atoms with Crippen molar-refractivity contribution in [3.8, 4) is 0 Å². The molecule has 23 heavy (non-hydrogen) atoms. The molecule has 1 atom stereocenters. The zero-order valence-corrected chi connectivity index (χ0v) is 13.5. The quantitative estimate of drug-likeness (QED) is 0.504. The lowest BCUT2D eigenvalue weighted by Crippen LogP contribution is -2.05. The zero-order valence-electron chi connectivity index (χ0n) is 13.5. The van der Waals surface area contributed by atoms with E-state index in [4.69, 9.17) is 9.94 Å². The summed E-state index contributed by atoms with van der Waals surface area (Å²) in [5.41, 5.74) is 3.99. The first-order chi connectivity index (χ1) is 11.2. The monoisotopic (exact) mass is 314 g/mol. The average molecular weight is 314 g/mol. The zero-order chi connectivity index (χ0) is 16.2.